The summed E-state index contributed by atoms with van der Waals surface area (Å²) in [5.41, 5.74) is 5.34. The van der Waals surface area contributed by atoms with Crippen molar-refractivity contribution in [3.63, 3.8) is 0 Å². The van der Waals surface area contributed by atoms with Gasteiger partial charge in [-0.2, -0.15) is 5.10 Å². The Labute approximate surface area is 175 Å². The number of hydrogen-bond acceptors (Lipinski definition) is 6. The van der Waals surface area contributed by atoms with E-state index in [4.69, 9.17) is 9.72 Å². The number of aromatic nitrogens is 5. The lowest BCUT2D eigenvalue weighted by atomic mass is 10.1. The maximum Gasteiger partial charge on any atom is 0.182 e. The van der Waals surface area contributed by atoms with Crippen LogP contribution in [0.3, 0.4) is 0 Å². The number of benzene rings is 1. The second kappa shape index (κ2) is 7.79. The van der Waals surface area contributed by atoms with Crippen molar-refractivity contribution in [3.8, 4) is 11.1 Å². The number of nitrogens with zero attached hydrogens (tertiary/aromatic N) is 6. The first kappa shape index (κ1) is 18.6. The molecule has 4 heterocycles. The van der Waals surface area contributed by atoms with Crippen LogP contribution in [0, 0.1) is 6.92 Å². The van der Waals surface area contributed by atoms with Gasteiger partial charge in [0.25, 0.3) is 0 Å². The minimum absolute atomic E-state index is 0.719. The average Bonchev–Trinajstić information content (AvgIpc) is 3.35. The van der Waals surface area contributed by atoms with E-state index in [2.05, 4.69) is 49.0 Å². The zero-order valence-electron chi connectivity index (χ0n) is 17.2. The van der Waals surface area contributed by atoms with E-state index in [1.165, 1.54) is 11.1 Å². The average molecular weight is 403 g/mol. The van der Waals surface area contributed by atoms with Crippen LogP contribution < -0.4 is 10.2 Å². The van der Waals surface area contributed by atoms with E-state index in [1.54, 1.807) is 0 Å². The van der Waals surface area contributed by atoms with Gasteiger partial charge in [0.1, 0.15) is 5.82 Å². The van der Waals surface area contributed by atoms with Crippen LogP contribution in [0.15, 0.2) is 49.1 Å². The number of nitrogens with one attached hydrogen (secondary N) is 1. The van der Waals surface area contributed by atoms with Gasteiger partial charge in [-0.3, -0.25) is 9.08 Å². The molecule has 1 aliphatic heterocycles. The van der Waals surface area contributed by atoms with E-state index >= 15 is 0 Å². The smallest absolute Gasteiger partial charge is 0.182 e. The second-order valence-corrected chi connectivity index (χ2v) is 7.54. The van der Waals surface area contributed by atoms with E-state index in [1.807, 2.05) is 43.4 Å². The Morgan fingerprint density at radius 1 is 1.10 bits per heavy atom. The molecule has 1 saturated heterocycles. The number of fused-ring (bicyclic) bond motifs is 1. The molecule has 0 radical (unpaired) electrons. The summed E-state index contributed by atoms with van der Waals surface area (Å²) >= 11 is 0. The van der Waals surface area contributed by atoms with Gasteiger partial charge in [-0.05, 0) is 18.1 Å². The van der Waals surface area contributed by atoms with Crippen LogP contribution >= 0.6 is 0 Å². The third kappa shape index (κ3) is 3.50. The highest BCUT2D eigenvalue weighted by molar-refractivity contribution is 5.69. The molecule has 0 atom stereocenters. The molecule has 1 N–H and O–H groups in total. The largest absolute Gasteiger partial charge is 0.378 e. The Morgan fingerprint density at radius 2 is 1.90 bits per heavy atom. The highest BCUT2D eigenvalue weighted by Crippen LogP contribution is 2.25. The maximum absolute atomic E-state index is 5.47. The zero-order chi connectivity index (χ0) is 20.5. The summed E-state index contributed by atoms with van der Waals surface area (Å²) in [6.07, 6.45) is 7.71. The van der Waals surface area contributed by atoms with Crippen molar-refractivity contribution < 1.29 is 4.74 Å². The molecule has 0 saturated carbocycles. The number of imidazole rings is 1. The van der Waals surface area contributed by atoms with Crippen LogP contribution in [0.2, 0.25) is 0 Å². The summed E-state index contributed by atoms with van der Waals surface area (Å²) in [4.78, 5) is 11.6. The molecule has 1 fully saturated rings. The molecule has 30 heavy (non-hydrogen) atoms. The summed E-state index contributed by atoms with van der Waals surface area (Å²) in [6.45, 7) is 5.88. The van der Waals surface area contributed by atoms with E-state index < -0.39 is 0 Å². The van der Waals surface area contributed by atoms with Crippen molar-refractivity contribution in [2.45, 2.75) is 13.5 Å². The molecule has 5 rings (SSSR count). The first-order chi connectivity index (χ1) is 14.7. The van der Waals surface area contributed by atoms with Crippen molar-refractivity contribution in [1.29, 1.82) is 0 Å². The third-order valence-corrected chi connectivity index (χ3v) is 5.46. The molecule has 1 aliphatic rings. The fraction of sp³-hybridized carbons (Fsp3) is 0.318. The zero-order valence-corrected chi connectivity index (χ0v) is 17.2. The number of morpholine rings is 1. The predicted octanol–water partition coefficient (Wildman–Crippen LogP) is 2.89. The number of rotatable bonds is 5. The number of ether oxygens (including phenoxy) is 1. The molecule has 0 spiro atoms. The Hall–Kier alpha value is -3.39. The lowest BCUT2D eigenvalue weighted by molar-refractivity contribution is 0.122. The first-order valence-electron chi connectivity index (χ1n) is 10.2. The Balaban J connectivity index is 1.36. The molecule has 0 aliphatic carbocycles. The molecule has 4 aromatic rings. The Bertz CT molecular complexity index is 1160. The fourth-order valence-electron chi connectivity index (χ4n) is 3.86. The molecule has 0 amide bonds. The van der Waals surface area contributed by atoms with Crippen LogP contribution in [0.5, 0.6) is 0 Å². The summed E-state index contributed by atoms with van der Waals surface area (Å²) in [6, 6.07) is 8.56. The fourth-order valence-corrected chi connectivity index (χ4v) is 3.86. The van der Waals surface area contributed by atoms with Crippen molar-refractivity contribution in [3.05, 3.63) is 60.3 Å². The quantitative estimate of drug-likeness (QED) is 0.552. The minimum atomic E-state index is 0.719. The van der Waals surface area contributed by atoms with Crippen LogP contribution in [0.25, 0.3) is 16.8 Å². The van der Waals surface area contributed by atoms with Crippen LogP contribution in [0.4, 0.5) is 11.6 Å². The number of aryl methyl sites for hydroxylation is 2. The van der Waals surface area contributed by atoms with Gasteiger partial charge in [0.2, 0.25) is 0 Å². The summed E-state index contributed by atoms with van der Waals surface area (Å²) in [5.74, 6) is 1.91. The number of hydrogen-bond donors (Lipinski definition) is 1. The highest BCUT2D eigenvalue weighted by Gasteiger charge is 2.19. The van der Waals surface area contributed by atoms with Gasteiger partial charge >= 0.3 is 0 Å². The second-order valence-electron chi connectivity index (χ2n) is 7.54. The van der Waals surface area contributed by atoms with Gasteiger partial charge in [0.15, 0.2) is 11.5 Å². The van der Waals surface area contributed by atoms with E-state index in [9.17, 15) is 0 Å². The maximum atomic E-state index is 5.47. The summed E-state index contributed by atoms with van der Waals surface area (Å²) < 4.78 is 9.39. The molecule has 0 bridgehead atoms. The Kier molecular flexibility index (Phi) is 4.84. The molecule has 0 unspecified atom stereocenters. The van der Waals surface area contributed by atoms with Crippen molar-refractivity contribution in [2.24, 2.45) is 7.05 Å². The van der Waals surface area contributed by atoms with Gasteiger partial charge in [-0.15, -0.1) is 0 Å². The van der Waals surface area contributed by atoms with Gasteiger partial charge in [-0.1, -0.05) is 24.3 Å². The number of anilines is 2. The third-order valence-electron chi connectivity index (χ3n) is 5.46. The molecule has 154 valence electrons. The lowest BCUT2D eigenvalue weighted by Gasteiger charge is -2.27. The molecule has 3 aromatic heterocycles. The van der Waals surface area contributed by atoms with E-state index in [-0.39, 0.29) is 0 Å². The lowest BCUT2D eigenvalue weighted by Crippen LogP contribution is -2.37. The van der Waals surface area contributed by atoms with Gasteiger partial charge < -0.3 is 15.0 Å². The molecule has 1 aromatic carbocycles. The molecule has 8 nitrogen and oxygen atoms in total. The Morgan fingerprint density at radius 3 is 2.63 bits per heavy atom. The van der Waals surface area contributed by atoms with E-state index in [0.717, 1.165) is 61.4 Å². The first-order valence-corrected chi connectivity index (χ1v) is 10.2. The van der Waals surface area contributed by atoms with Gasteiger partial charge in [0, 0.05) is 50.8 Å². The van der Waals surface area contributed by atoms with Crippen molar-refractivity contribution in [1.82, 2.24) is 24.1 Å². The predicted molar refractivity (Wildman–Crippen MR) is 117 cm³/mol. The van der Waals surface area contributed by atoms with Crippen LogP contribution in [0.1, 0.15) is 11.3 Å². The van der Waals surface area contributed by atoms with Crippen molar-refractivity contribution in [2.75, 3.05) is 36.5 Å². The summed E-state index contributed by atoms with van der Waals surface area (Å²) in [5, 5.41) is 7.80. The normalized spacial score (nSPS) is 14.4. The van der Waals surface area contributed by atoms with Crippen molar-refractivity contribution >= 4 is 17.3 Å². The standard InChI is InChI=1S/C22H25N7O/c1-16-20(24-13-17-3-5-18(6-4-17)19-14-25-27(2)15-19)29-8-7-23-21(22(29)26-16)28-9-11-30-12-10-28/h3-8,14-15,24H,9-13H2,1-2H3. The minimum Gasteiger partial charge on any atom is -0.378 e. The van der Waals surface area contributed by atoms with E-state index in [0.29, 0.717) is 0 Å². The monoisotopic (exact) mass is 403 g/mol. The molecular weight excluding hydrogens is 378 g/mol. The molecular formula is C22H25N7O. The van der Waals surface area contributed by atoms with Gasteiger partial charge in [0.05, 0.1) is 25.1 Å². The highest BCUT2D eigenvalue weighted by atomic mass is 16.5. The summed E-state index contributed by atoms with van der Waals surface area (Å²) in [7, 11) is 1.93. The molecule has 8 heteroatoms. The SMILES string of the molecule is Cc1nc2c(N3CCOCC3)nccn2c1NCc1ccc(-c2cnn(C)c2)cc1. The van der Waals surface area contributed by atoms with Gasteiger partial charge in [-0.25, -0.2) is 9.97 Å². The van der Waals surface area contributed by atoms with Crippen LogP contribution in [-0.4, -0.2) is 50.5 Å². The topological polar surface area (TPSA) is 72.5 Å². The van der Waals surface area contributed by atoms with Crippen LogP contribution in [-0.2, 0) is 18.3 Å².